The standard InChI is InChI=1S/C14H16O3/c1-3-4-9-5-6-10-11(7-9)12(15)8-13(17-2)14(10)16/h5-8,15-16H,3-4H2,1-2H3. The zero-order valence-corrected chi connectivity index (χ0v) is 10.0. The second kappa shape index (κ2) is 4.53. The molecule has 0 amide bonds. The number of phenolic OH excluding ortho intramolecular Hbond substituents is 2. The Kier molecular flexibility index (Phi) is 3.09. The Balaban J connectivity index is 2.67. The van der Waals surface area contributed by atoms with E-state index < -0.39 is 0 Å². The third-order valence-corrected chi connectivity index (χ3v) is 2.87. The van der Waals surface area contributed by atoms with E-state index in [4.69, 9.17) is 4.74 Å². The maximum absolute atomic E-state index is 9.96. The Bertz CT molecular complexity index is 547. The van der Waals surface area contributed by atoms with Crippen molar-refractivity contribution in [3.05, 3.63) is 29.8 Å². The van der Waals surface area contributed by atoms with Crippen LogP contribution in [0.4, 0.5) is 0 Å². The van der Waals surface area contributed by atoms with Crippen LogP contribution in [0.3, 0.4) is 0 Å². The van der Waals surface area contributed by atoms with Crippen molar-refractivity contribution in [2.24, 2.45) is 0 Å². The fourth-order valence-electron chi connectivity index (χ4n) is 2.01. The van der Waals surface area contributed by atoms with Gasteiger partial charge in [-0.1, -0.05) is 25.5 Å². The summed E-state index contributed by atoms with van der Waals surface area (Å²) in [6.45, 7) is 2.11. The number of ether oxygens (including phenoxy) is 1. The fourth-order valence-corrected chi connectivity index (χ4v) is 2.01. The molecule has 0 fully saturated rings. The molecular formula is C14H16O3. The number of benzene rings is 2. The van der Waals surface area contributed by atoms with Gasteiger partial charge in [-0.2, -0.15) is 0 Å². The molecule has 0 saturated heterocycles. The highest BCUT2D eigenvalue weighted by molar-refractivity contribution is 5.95. The molecule has 2 aromatic rings. The molecule has 90 valence electrons. The number of hydrogen-bond acceptors (Lipinski definition) is 3. The quantitative estimate of drug-likeness (QED) is 0.799. The summed E-state index contributed by atoms with van der Waals surface area (Å²) in [7, 11) is 1.46. The third-order valence-electron chi connectivity index (χ3n) is 2.87. The van der Waals surface area contributed by atoms with E-state index in [9.17, 15) is 10.2 Å². The van der Waals surface area contributed by atoms with Gasteiger partial charge >= 0.3 is 0 Å². The molecule has 0 spiro atoms. The summed E-state index contributed by atoms with van der Waals surface area (Å²) < 4.78 is 5.00. The highest BCUT2D eigenvalue weighted by Gasteiger charge is 2.11. The number of methoxy groups -OCH3 is 1. The molecule has 3 heteroatoms. The summed E-state index contributed by atoms with van der Waals surface area (Å²) in [4.78, 5) is 0. The van der Waals surface area contributed by atoms with E-state index >= 15 is 0 Å². The zero-order chi connectivity index (χ0) is 12.4. The van der Waals surface area contributed by atoms with Gasteiger partial charge in [-0.15, -0.1) is 0 Å². The van der Waals surface area contributed by atoms with E-state index in [0.29, 0.717) is 16.5 Å². The van der Waals surface area contributed by atoms with Gasteiger partial charge in [0.2, 0.25) is 0 Å². The topological polar surface area (TPSA) is 49.7 Å². The molecular weight excluding hydrogens is 216 g/mol. The predicted octanol–water partition coefficient (Wildman–Crippen LogP) is 3.21. The van der Waals surface area contributed by atoms with Gasteiger partial charge < -0.3 is 14.9 Å². The maximum Gasteiger partial charge on any atom is 0.165 e. The molecule has 0 unspecified atom stereocenters. The zero-order valence-electron chi connectivity index (χ0n) is 10.0. The third kappa shape index (κ3) is 2.00. The summed E-state index contributed by atoms with van der Waals surface area (Å²) in [5, 5.41) is 21.1. The van der Waals surface area contributed by atoms with Crippen LogP contribution >= 0.6 is 0 Å². The lowest BCUT2D eigenvalue weighted by molar-refractivity contribution is 0.372. The lowest BCUT2D eigenvalue weighted by Crippen LogP contribution is -1.88. The Morgan fingerprint density at radius 1 is 1.12 bits per heavy atom. The average molecular weight is 232 g/mol. The first-order chi connectivity index (χ1) is 8.17. The molecule has 2 rings (SSSR count). The summed E-state index contributed by atoms with van der Waals surface area (Å²) in [6, 6.07) is 7.13. The van der Waals surface area contributed by atoms with Crippen LogP contribution in [0.25, 0.3) is 10.8 Å². The summed E-state index contributed by atoms with van der Waals surface area (Å²) in [6.07, 6.45) is 2.01. The van der Waals surface area contributed by atoms with Crippen molar-refractivity contribution in [2.75, 3.05) is 7.11 Å². The molecule has 0 bridgehead atoms. The number of aromatic hydroxyl groups is 2. The molecule has 0 aliphatic heterocycles. The summed E-state index contributed by atoms with van der Waals surface area (Å²) in [5.74, 6) is 0.495. The van der Waals surface area contributed by atoms with E-state index in [2.05, 4.69) is 6.92 Å². The van der Waals surface area contributed by atoms with Crippen LogP contribution < -0.4 is 4.74 Å². The van der Waals surface area contributed by atoms with Crippen LogP contribution in [0.5, 0.6) is 17.2 Å². The number of rotatable bonds is 3. The molecule has 2 N–H and O–H groups in total. The molecule has 0 aliphatic carbocycles. The molecule has 0 heterocycles. The van der Waals surface area contributed by atoms with Gasteiger partial charge in [-0.05, 0) is 18.1 Å². The molecule has 3 nitrogen and oxygen atoms in total. The van der Waals surface area contributed by atoms with Crippen LogP contribution in [0.1, 0.15) is 18.9 Å². The lowest BCUT2D eigenvalue weighted by atomic mass is 10.0. The SMILES string of the molecule is CCCc1ccc2c(O)c(OC)cc(O)c2c1. The molecule has 0 radical (unpaired) electrons. The van der Waals surface area contributed by atoms with Crippen LogP contribution in [0.15, 0.2) is 24.3 Å². The lowest BCUT2D eigenvalue weighted by Gasteiger charge is -2.10. The summed E-state index contributed by atoms with van der Waals surface area (Å²) >= 11 is 0. The van der Waals surface area contributed by atoms with Crippen molar-refractivity contribution in [1.29, 1.82) is 0 Å². The minimum atomic E-state index is 0.0725. The first-order valence-corrected chi connectivity index (χ1v) is 5.69. The second-order valence-electron chi connectivity index (χ2n) is 4.08. The van der Waals surface area contributed by atoms with Gasteiger partial charge in [0, 0.05) is 16.8 Å². The number of phenols is 2. The van der Waals surface area contributed by atoms with Crippen molar-refractivity contribution in [3.8, 4) is 17.2 Å². The largest absolute Gasteiger partial charge is 0.507 e. The number of hydrogen-bond donors (Lipinski definition) is 2. The molecule has 0 aromatic heterocycles. The van der Waals surface area contributed by atoms with Crippen molar-refractivity contribution in [1.82, 2.24) is 0 Å². The van der Waals surface area contributed by atoms with E-state index in [0.717, 1.165) is 18.4 Å². The van der Waals surface area contributed by atoms with Crippen molar-refractivity contribution < 1.29 is 14.9 Å². The molecule has 0 aliphatic rings. The van der Waals surface area contributed by atoms with E-state index in [1.165, 1.54) is 13.2 Å². The van der Waals surface area contributed by atoms with Crippen molar-refractivity contribution in [3.63, 3.8) is 0 Å². The van der Waals surface area contributed by atoms with Crippen molar-refractivity contribution in [2.45, 2.75) is 19.8 Å². The van der Waals surface area contributed by atoms with E-state index in [1.54, 1.807) is 0 Å². The molecule has 0 atom stereocenters. The Morgan fingerprint density at radius 3 is 2.53 bits per heavy atom. The Labute approximate surface area is 100 Å². The van der Waals surface area contributed by atoms with Crippen LogP contribution in [0.2, 0.25) is 0 Å². The molecule has 0 saturated carbocycles. The van der Waals surface area contributed by atoms with Gasteiger partial charge in [0.05, 0.1) is 7.11 Å². The predicted molar refractivity (Wildman–Crippen MR) is 67.8 cm³/mol. The van der Waals surface area contributed by atoms with Crippen molar-refractivity contribution >= 4 is 10.8 Å². The number of aryl methyl sites for hydroxylation is 1. The van der Waals surface area contributed by atoms with Crippen LogP contribution in [0, 0.1) is 0 Å². The first-order valence-electron chi connectivity index (χ1n) is 5.69. The first kappa shape index (κ1) is 11.6. The Hall–Kier alpha value is -1.90. The molecule has 2 aromatic carbocycles. The van der Waals surface area contributed by atoms with Gasteiger partial charge in [0.25, 0.3) is 0 Å². The maximum atomic E-state index is 9.96. The smallest absolute Gasteiger partial charge is 0.165 e. The second-order valence-corrected chi connectivity index (χ2v) is 4.08. The molecule has 17 heavy (non-hydrogen) atoms. The van der Waals surface area contributed by atoms with Crippen LogP contribution in [-0.4, -0.2) is 17.3 Å². The summed E-state index contributed by atoms with van der Waals surface area (Å²) in [5.41, 5.74) is 1.15. The minimum Gasteiger partial charge on any atom is -0.507 e. The van der Waals surface area contributed by atoms with Gasteiger partial charge in [0.15, 0.2) is 11.5 Å². The van der Waals surface area contributed by atoms with Gasteiger partial charge in [-0.3, -0.25) is 0 Å². The van der Waals surface area contributed by atoms with E-state index in [1.807, 2.05) is 18.2 Å². The highest BCUT2D eigenvalue weighted by atomic mass is 16.5. The normalized spacial score (nSPS) is 10.7. The minimum absolute atomic E-state index is 0.0725. The van der Waals surface area contributed by atoms with E-state index in [-0.39, 0.29) is 11.5 Å². The fraction of sp³-hybridized carbons (Fsp3) is 0.286. The number of fused-ring (bicyclic) bond motifs is 1. The Morgan fingerprint density at radius 2 is 1.88 bits per heavy atom. The van der Waals surface area contributed by atoms with Gasteiger partial charge in [-0.25, -0.2) is 0 Å². The monoisotopic (exact) mass is 232 g/mol. The highest BCUT2D eigenvalue weighted by Crippen LogP contribution is 2.40. The van der Waals surface area contributed by atoms with Crippen LogP contribution in [-0.2, 0) is 6.42 Å². The average Bonchev–Trinajstić information content (AvgIpc) is 2.34. The van der Waals surface area contributed by atoms with Gasteiger partial charge in [0.1, 0.15) is 5.75 Å².